The van der Waals surface area contributed by atoms with Gasteiger partial charge in [0.05, 0.1) is 30.2 Å². The van der Waals surface area contributed by atoms with Crippen LogP contribution in [0.5, 0.6) is 0 Å². The van der Waals surface area contributed by atoms with Crippen LogP contribution in [-0.4, -0.2) is 72.9 Å². The molecule has 34 heavy (non-hydrogen) atoms. The number of rotatable bonds is 7. The van der Waals surface area contributed by atoms with Gasteiger partial charge in [-0.2, -0.15) is 0 Å². The molecule has 1 N–H and O–H groups in total. The number of nitro groups is 1. The Labute approximate surface area is 199 Å². The molecule has 2 aliphatic heterocycles. The Kier molecular flexibility index (Phi) is 7.31. The van der Waals surface area contributed by atoms with Crippen molar-refractivity contribution in [2.24, 2.45) is 0 Å². The van der Waals surface area contributed by atoms with Gasteiger partial charge < -0.3 is 19.4 Å². The highest BCUT2D eigenvalue weighted by Crippen LogP contribution is 2.39. The van der Waals surface area contributed by atoms with E-state index in [1.165, 1.54) is 29.2 Å². The molecule has 12 heteroatoms. The van der Waals surface area contributed by atoms with Crippen LogP contribution in [0.3, 0.4) is 0 Å². The van der Waals surface area contributed by atoms with Crippen molar-refractivity contribution in [2.75, 3.05) is 19.6 Å². The zero-order chi connectivity index (χ0) is 25.3. The van der Waals surface area contributed by atoms with Gasteiger partial charge in [0.25, 0.3) is 5.69 Å². The number of carbonyl (C=O) groups is 3. The second kappa shape index (κ2) is 9.70. The van der Waals surface area contributed by atoms with Crippen LogP contribution >= 0.6 is 0 Å². The molecule has 2 fully saturated rings. The maximum atomic E-state index is 13.0. The number of nitrogens with zero attached hydrogens (tertiary/aromatic N) is 3. The maximum Gasteiger partial charge on any atom is 0.410 e. The molecule has 1 aromatic carbocycles. The van der Waals surface area contributed by atoms with Crippen LogP contribution in [0.15, 0.2) is 24.3 Å². The molecule has 0 saturated carbocycles. The molecule has 2 aliphatic rings. The van der Waals surface area contributed by atoms with Crippen molar-refractivity contribution >= 4 is 32.0 Å². The molecule has 0 aliphatic carbocycles. The van der Waals surface area contributed by atoms with Crippen molar-refractivity contribution in [3.63, 3.8) is 0 Å². The van der Waals surface area contributed by atoms with Crippen LogP contribution in [0.4, 0.5) is 15.3 Å². The van der Waals surface area contributed by atoms with E-state index in [0.717, 1.165) is 4.90 Å². The fourth-order valence-corrected chi connectivity index (χ4v) is 5.10. The van der Waals surface area contributed by atoms with E-state index in [0.29, 0.717) is 18.5 Å². The van der Waals surface area contributed by atoms with Crippen molar-refractivity contribution in [1.82, 2.24) is 15.1 Å². The van der Waals surface area contributed by atoms with Gasteiger partial charge in [-0.25, -0.2) is 9.59 Å². The van der Waals surface area contributed by atoms with E-state index in [1.807, 2.05) is 0 Å². The lowest BCUT2D eigenvalue weighted by atomic mass is 10.2. The molecule has 0 unspecified atom stereocenters. The van der Waals surface area contributed by atoms with Gasteiger partial charge in [0.2, 0.25) is 5.91 Å². The highest BCUT2D eigenvalue weighted by atomic mass is 28.4. The van der Waals surface area contributed by atoms with Gasteiger partial charge in [-0.3, -0.25) is 19.8 Å². The van der Waals surface area contributed by atoms with Crippen molar-refractivity contribution in [3.8, 4) is 0 Å². The first-order valence-corrected chi connectivity index (χ1v) is 14.1. The second-order valence-electron chi connectivity index (χ2n) is 10.2. The maximum absolute atomic E-state index is 13.0. The minimum Gasteiger partial charge on any atom is -0.445 e. The van der Waals surface area contributed by atoms with Crippen molar-refractivity contribution in [2.45, 2.75) is 64.1 Å². The number of benzene rings is 1. The summed E-state index contributed by atoms with van der Waals surface area (Å²) in [7, 11) is -2.11. The Morgan fingerprint density at radius 2 is 1.88 bits per heavy atom. The largest absolute Gasteiger partial charge is 0.445 e. The highest BCUT2D eigenvalue weighted by Gasteiger charge is 2.45. The first-order chi connectivity index (χ1) is 15.8. The van der Waals surface area contributed by atoms with Crippen molar-refractivity contribution < 1.29 is 28.5 Å². The molecule has 0 radical (unpaired) electrons. The summed E-state index contributed by atoms with van der Waals surface area (Å²) in [6, 6.07) is 4.85. The van der Waals surface area contributed by atoms with E-state index in [4.69, 9.17) is 9.16 Å². The number of amides is 4. The molecule has 4 amide bonds. The summed E-state index contributed by atoms with van der Waals surface area (Å²) in [6.07, 6.45) is -0.341. The van der Waals surface area contributed by atoms with Crippen LogP contribution in [0.1, 0.15) is 32.8 Å². The van der Waals surface area contributed by atoms with E-state index < -0.39 is 31.4 Å². The third-order valence-corrected chi connectivity index (χ3v) is 11.3. The zero-order valence-corrected chi connectivity index (χ0v) is 21.2. The molecule has 0 aromatic heterocycles. The lowest BCUT2D eigenvalue weighted by Crippen LogP contribution is -2.46. The third-order valence-electron chi connectivity index (χ3n) is 6.72. The minimum absolute atomic E-state index is 0.0167. The minimum atomic E-state index is -2.11. The second-order valence-corrected chi connectivity index (χ2v) is 14.9. The van der Waals surface area contributed by atoms with Crippen LogP contribution in [0.2, 0.25) is 18.1 Å². The first-order valence-electron chi connectivity index (χ1n) is 11.2. The van der Waals surface area contributed by atoms with Crippen LogP contribution in [0.25, 0.3) is 0 Å². The molecule has 0 spiro atoms. The number of imide groups is 1. The van der Waals surface area contributed by atoms with Gasteiger partial charge >= 0.3 is 12.1 Å². The Bertz CT molecular complexity index is 945. The smallest absolute Gasteiger partial charge is 0.410 e. The number of nitrogens with one attached hydrogen (secondary N) is 1. The van der Waals surface area contributed by atoms with Crippen molar-refractivity contribution in [1.29, 1.82) is 0 Å². The van der Waals surface area contributed by atoms with Gasteiger partial charge in [0.15, 0.2) is 8.32 Å². The molecule has 186 valence electrons. The fraction of sp³-hybridized carbons (Fsp3) is 0.591. The van der Waals surface area contributed by atoms with Gasteiger partial charge in [0, 0.05) is 18.7 Å². The number of carbonyl (C=O) groups excluding carboxylic acids is 3. The number of non-ortho nitro benzene ring substituents is 1. The van der Waals surface area contributed by atoms with Crippen LogP contribution in [0, 0.1) is 10.1 Å². The quantitative estimate of drug-likeness (QED) is 0.267. The number of hydrogen-bond donors (Lipinski definition) is 1. The molecule has 2 heterocycles. The number of nitro benzene ring substituents is 1. The third kappa shape index (κ3) is 5.73. The molecule has 2 atom stereocenters. The SMILES string of the molecule is CC(C)(C)[Si](C)(C)O[C@@H]1C[C@@H](CN2C(=O)CNC2=O)N(C(=O)OCc2ccc([N+](=O)[O-])cc2)C1. The molecular weight excluding hydrogens is 460 g/mol. The lowest BCUT2D eigenvalue weighted by Gasteiger charge is -2.38. The van der Waals surface area contributed by atoms with Crippen molar-refractivity contribution in [3.05, 3.63) is 39.9 Å². The predicted molar refractivity (Wildman–Crippen MR) is 126 cm³/mol. The average molecular weight is 493 g/mol. The average Bonchev–Trinajstić information content (AvgIpc) is 3.29. The van der Waals surface area contributed by atoms with Gasteiger partial charge in [-0.15, -0.1) is 0 Å². The topological polar surface area (TPSA) is 131 Å². The Morgan fingerprint density at radius 1 is 1.24 bits per heavy atom. The zero-order valence-electron chi connectivity index (χ0n) is 20.2. The molecule has 11 nitrogen and oxygen atoms in total. The van der Waals surface area contributed by atoms with Gasteiger partial charge in [-0.05, 0) is 42.2 Å². The number of likely N-dealkylation sites (tertiary alicyclic amines) is 1. The predicted octanol–water partition coefficient (Wildman–Crippen LogP) is 3.25. The number of hydrogen-bond acceptors (Lipinski definition) is 7. The summed E-state index contributed by atoms with van der Waals surface area (Å²) in [4.78, 5) is 50.1. The van der Waals surface area contributed by atoms with E-state index in [1.54, 1.807) is 0 Å². The van der Waals surface area contributed by atoms with Crippen LogP contribution < -0.4 is 5.32 Å². The number of urea groups is 1. The summed E-state index contributed by atoms with van der Waals surface area (Å²) in [5.74, 6) is -0.335. The summed E-state index contributed by atoms with van der Waals surface area (Å²) in [5.41, 5.74) is 0.562. The Balaban J connectivity index is 1.71. The standard InChI is InChI=1S/C22H32N4O7Si/c1-22(2,3)34(4,5)33-18-10-17(12-25-19(27)11-23-20(25)28)24(13-18)21(29)32-14-15-6-8-16(9-7-15)26(30)31/h6-9,17-18H,10-14H2,1-5H3,(H,23,28)/t17-,18+/m0/s1. The summed E-state index contributed by atoms with van der Waals surface area (Å²) >= 11 is 0. The fourth-order valence-electron chi connectivity index (χ4n) is 3.74. The molecule has 3 rings (SSSR count). The summed E-state index contributed by atoms with van der Waals surface area (Å²) in [6.45, 7) is 10.9. The normalized spacial score (nSPS) is 21.1. The Hall–Kier alpha value is -2.99. The Morgan fingerprint density at radius 3 is 2.41 bits per heavy atom. The molecule has 1 aromatic rings. The highest BCUT2D eigenvalue weighted by molar-refractivity contribution is 6.74. The summed E-state index contributed by atoms with van der Waals surface area (Å²) < 4.78 is 12.0. The van der Waals surface area contributed by atoms with Gasteiger partial charge in [0.1, 0.15) is 6.61 Å². The van der Waals surface area contributed by atoms with E-state index in [2.05, 4.69) is 39.2 Å². The molecular formula is C22H32N4O7Si. The van der Waals surface area contributed by atoms with Crippen LogP contribution in [-0.2, 0) is 20.6 Å². The van der Waals surface area contributed by atoms with Gasteiger partial charge in [-0.1, -0.05) is 20.8 Å². The molecule has 0 bridgehead atoms. The summed E-state index contributed by atoms with van der Waals surface area (Å²) in [5, 5.41) is 13.3. The molecule has 2 saturated heterocycles. The van der Waals surface area contributed by atoms with E-state index in [9.17, 15) is 24.5 Å². The monoisotopic (exact) mass is 492 g/mol. The number of ether oxygens (including phenoxy) is 1. The van der Waals surface area contributed by atoms with E-state index >= 15 is 0 Å². The first kappa shape index (κ1) is 25.6. The lowest BCUT2D eigenvalue weighted by molar-refractivity contribution is -0.384. The van der Waals surface area contributed by atoms with E-state index in [-0.39, 0.29) is 42.4 Å².